The molecule has 0 aromatic heterocycles. The van der Waals surface area contributed by atoms with Crippen LogP contribution < -0.4 is 5.32 Å². The van der Waals surface area contributed by atoms with E-state index in [1.165, 1.54) is 19.4 Å². The first-order chi connectivity index (χ1) is 8.36. The van der Waals surface area contributed by atoms with E-state index in [9.17, 15) is 5.26 Å². The van der Waals surface area contributed by atoms with Gasteiger partial charge in [0.1, 0.15) is 5.54 Å². The molecule has 0 radical (unpaired) electrons. The van der Waals surface area contributed by atoms with Gasteiger partial charge in [-0.3, -0.25) is 5.32 Å². The Morgan fingerprint density at radius 3 is 2.61 bits per heavy atom. The van der Waals surface area contributed by atoms with Crippen LogP contribution in [0.15, 0.2) is 0 Å². The summed E-state index contributed by atoms with van der Waals surface area (Å²) in [6.07, 6.45) is 3.49. The van der Waals surface area contributed by atoms with Crippen LogP contribution in [0.2, 0.25) is 0 Å². The van der Waals surface area contributed by atoms with Gasteiger partial charge in [-0.15, -0.1) is 0 Å². The minimum absolute atomic E-state index is 0.355. The summed E-state index contributed by atoms with van der Waals surface area (Å²) in [4.78, 5) is 2.54. The maximum absolute atomic E-state index is 9.34. The number of piperidine rings is 1. The highest BCUT2D eigenvalue weighted by atomic mass is 15.2. The summed E-state index contributed by atoms with van der Waals surface area (Å²) < 4.78 is 0. The Bertz CT molecular complexity index is 295. The Morgan fingerprint density at radius 2 is 2.11 bits per heavy atom. The van der Waals surface area contributed by atoms with E-state index in [1.54, 1.807) is 0 Å². The lowest BCUT2D eigenvalue weighted by Gasteiger charge is -2.38. The van der Waals surface area contributed by atoms with Gasteiger partial charge in [0.05, 0.1) is 6.07 Å². The molecule has 1 aliphatic rings. The first-order valence-corrected chi connectivity index (χ1v) is 7.29. The summed E-state index contributed by atoms with van der Waals surface area (Å²) in [6.45, 7) is 13.1. The van der Waals surface area contributed by atoms with Gasteiger partial charge in [0.25, 0.3) is 0 Å². The zero-order valence-electron chi connectivity index (χ0n) is 12.7. The molecule has 1 fully saturated rings. The van der Waals surface area contributed by atoms with E-state index in [-0.39, 0.29) is 0 Å². The molecular weight excluding hydrogens is 222 g/mol. The number of hydrogen-bond donors (Lipinski definition) is 1. The molecule has 1 rings (SSSR count). The van der Waals surface area contributed by atoms with Gasteiger partial charge in [-0.2, -0.15) is 5.26 Å². The smallest absolute Gasteiger partial charge is 0.105 e. The average Bonchev–Trinajstić information content (AvgIpc) is 2.27. The van der Waals surface area contributed by atoms with E-state index in [2.05, 4.69) is 44.0 Å². The van der Waals surface area contributed by atoms with Gasteiger partial charge in [-0.25, -0.2) is 0 Å². The molecule has 0 aliphatic carbocycles. The molecule has 0 aromatic carbocycles. The van der Waals surface area contributed by atoms with Gasteiger partial charge in [-0.05, 0) is 59.4 Å². The third kappa shape index (κ3) is 4.59. The van der Waals surface area contributed by atoms with E-state index in [1.807, 2.05) is 6.92 Å². The molecule has 3 atom stereocenters. The maximum Gasteiger partial charge on any atom is 0.105 e. The SMILES string of the molecule is CC1CCN(CCC(C)(C#N)NC(C)C)C(C)C1. The summed E-state index contributed by atoms with van der Waals surface area (Å²) in [5.74, 6) is 0.854. The van der Waals surface area contributed by atoms with Crippen molar-refractivity contribution < 1.29 is 0 Å². The molecular formula is C15H29N3. The van der Waals surface area contributed by atoms with Crippen LogP contribution in [-0.4, -0.2) is 35.6 Å². The second-order valence-corrected chi connectivity index (χ2v) is 6.51. The second kappa shape index (κ2) is 6.54. The summed E-state index contributed by atoms with van der Waals surface area (Å²) in [5, 5.41) is 12.7. The molecule has 18 heavy (non-hydrogen) atoms. The molecule has 1 N–H and O–H groups in total. The van der Waals surface area contributed by atoms with Crippen LogP contribution >= 0.6 is 0 Å². The van der Waals surface area contributed by atoms with E-state index in [4.69, 9.17) is 0 Å². The van der Waals surface area contributed by atoms with Gasteiger partial charge < -0.3 is 4.90 Å². The number of nitrogens with one attached hydrogen (secondary N) is 1. The number of nitrogens with zero attached hydrogens (tertiary/aromatic N) is 2. The molecule has 3 unspecified atom stereocenters. The normalized spacial score (nSPS) is 28.9. The molecule has 1 heterocycles. The van der Waals surface area contributed by atoms with Crippen molar-refractivity contribution in [2.75, 3.05) is 13.1 Å². The lowest BCUT2D eigenvalue weighted by atomic mass is 9.92. The highest BCUT2D eigenvalue weighted by Crippen LogP contribution is 2.23. The zero-order valence-corrected chi connectivity index (χ0v) is 12.7. The highest BCUT2D eigenvalue weighted by Gasteiger charge is 2.28. The molecule has 1 aliphatic heterocycles. The average molecular weight is 251 g/mol. The topological polar surface area (TPSA) is 39.1 Å². The van der Waals surface area contributed by atoms with E-state index < -0.39 is 5.54 Å². The summed E-state index contributed by atoms with van der Waals surface area (Å²) in [7, 11) is 0. The number of nitriles is 1. The third-order valence-corrected chi connectivity index (χ3v) is 4.03. The van der Waals surface area contributed by atoms with Crippen molar-refractivity contribution in [3.8, 4) is 6.07 Å². The van der Waals surface area contributed by atoms with E-state index in [0.717, 1.165) is 18.9 Å². The van der Waals surface area contributed by atoms with Crippen LogP contribution in [-0.2, 0) is 0 Å². The van der Waals surface area contributed by atoms with Crippen LogP contribution in [0.5, 0.6) is 0 Å². The quantitative estimate of drug-likeness (QED) is 0.816. The van der Waals surface area contributed by atoms with Gasteiger partial charge >= 0.3 is 0 Å². The molecule has 0 aromatic rings. The monoisotopic (exact) mass is 251 g/mol. The standard InChI is InChI=1S/C15H29N3/c1-12(2)17-15(5,11-16)7-9-18-8-6-13(3)10-14(18)4/h12-14,17H,6-10H2,1-5H3. The Labute approximate surface area is 113 Å². The van der Waals surface area contributed by atoms with Crippen molar-refractivity contribution in [1.29, 1.82) is 5.26 Å². The predicted octanol–water partition coefficient (Wildman–Crippen LogP) is 2.78. The summed E-state index contributed by atoms with van der Waals surface area (Å²) in [5.41, 5.74) is -0.392. The number of hydrogen-bond acceptors (Lipinski definition) is 3. The largest absolute Gasteiger partial charge is 0.301 e. The fraction of sp³-hybridized carbons (Fsp3) is 0.933. The molecule has 0 amide bonds. The number of rotatable bonds is 5. The predicted molar refractivity (Wildman–Crippen MR) is 76.3 cm³/mol. The highest BCUT2D eigenvalue weighted by molar-refractivity contribution is 5.05. The fourth-order valence-corrected chi connectivity index (χ4v) is 2.95. The minimum atomic E-state index is -0.392. The molecule has 3 nitrogen and oxygen atoms in total. The van der Waals surface area contributed by atoms with Gasteiger partial charge in [0.2, 0.25) is 0 Å². The zero-order chi connectivity index (χ0) is 13.8. The fourth-order valence-electron chi connectivity index (χ4n) is 2.95. The Kier molecular flexibility index (Phi) is 5.62. The van der Waals surface area contributed by atoms with Crippen LogP contribution in [0.25, 0.3) is 0 Å². The first-order valence-electron chi connectivity index (χ1n) is 7.29. The molecule has 0 spiro atoms. The van der Waals surface area contributed by atoms with Gasteiger partial charge in [-0.1, -0.05) is 6.92 Å². The maximum atomic E-state index is 9.34. The second-order valence-electron chi connectivity index (χ2n) is 6.51. The summed E-state index contributed by atoms with van der Waals surface area (Å²) >= 11 is 0. The lowest BCUT2D eigenvalue weighted by Crippen LogP contribution is -2.49. The first kappa shape index (κ1) is 15.5. The third-order valence-electron chi connectivity index (χ3n) is 4.03. The van der Waals surface area contributed by atoms with Crippen molar-refractivity contribution in [2.45, 2.75) is 71.5 Å². The minimum Gasteiger partial charge on any atom is -0.301 e. The van der Waals surface area contributed by atoms with Crippen LogP contribution in [0.1, 0.15) is 53.9 Å². The Morgan fingerprint density at radius 1 is 1.44 bits per heavy atom. The van der Waals surface area contributed by atoms with Crippen molar-refractivity contribution >= 4 is 0 Å². The van der Waals surface area contributed by atoms with Crippen LogP contribution in [0.4, 0.5) is 0 Å². The lowest BCUT2D eigenvalue weighted by molar-refractivity contribution is 0.120. The summed E-state index contributed by atoms with van der Waals surface area (Å²) in [6, 6.07) is 3.45. The van der Waals surface area contributed by atoms with Crippen LogP contribution in [0.3, 0.4) is 0 Å². The van der Waals surface area contributed by atoms with Crippen LogP contribution in [0, 0.1) is 17.2 Å². The Balaban J connectivity index is 2.46. The molecule has 1 saturated heterocycles. The van der Waals surface area contributed by atoms with Gasteiger partial charge in [0.15, 0.2) is 0 Å². The van der Waals surface area contributed by atoms with Crippen molar-refractivity contribution in [1.82, 2.24) is 10.2 Å². The Hall–Kier alpha value is -0.590. The number of likely N-dealkylation sites (tertiary alicyclic amines) is 1. The van der Waals surface area contributed by atoms with E-state index in [0.29, 0.717) is 12.1 Å². The van der Waals surface area contributed by atoms with Crippen molar-refractivity contribution in [2.24, 2.45) is 5.92 Å². The van der Waals surface area contributed by atoms with Crippen molar-refractivity contribution in [3.05, 3.63) is 0 Å². The molecule has 104 valence electrons. The van der Waals surface area contributed by atoms with E-state index >= 15 is 0 Å². The molecule has 3 heteroatoms. The van der Waals surface area contributed by atoms with Crippen molar-refractivity contribution in [3.63, 3.8) is 0 Å². The van der Waals surface area contributed by atoms with Gasteiger partial charge in [0, 0.05) is 18.6 Å². The molecule has 0 saturated carbocycles. The molecule has 0 bridgehead atoms.